The lowest BCUT2D eigenvalue weighted by atomic mass is 9.93. The Bertz CT molecular complexity index is 804. The zero-order chi connectivity index (χ0) is 14.8. The number of ether oxygens (including phenoxy) is 1. The zero-order valence-electron chi connectivity index (χ0n) is 11.5. The first kappa shape index (κ1) is 13.2. The first-order valence-electron chi connectivity index (χ1n) is 6.60. The summed E-state index contributed by atoms with van der Waals surface area (Å²) in [5.74, 6) is -0.178. The van der Waals surface area contributed by atoms with Crippen molar-refractivity contribution < 1.29 is 14.6 Å². The molecule has 1 N–H and O–H groups in total. The molecule has 0 aliphatic rings. The molecule has 0 aliphatic carbocycles. The highest BCUT2D eigenvalue weighted by Crippen LogP contribution is 2.33. The lowest BCUT2D eigenvalue weighted by molar-refractivity contribution is 0.0698. The molecule has 21 heavy (non-hydrogen) atoms. The number of rotatable bonds is 3. The summed E-state index contributed by atoms with van der Waals surface area (Å²) in [4.78, 5) is 11.5. The van der Waals surface area contributed by atoms with Gasteiger partial charge in [-0.25, -0.2) is 4.79 Å². The SMILES string of the molecule is COc1ccc(-c2c(C(=O)O)ccc3ccccc23)cc1. The van der Waals surface area contributed by atoms with Gasteiger partial charge in [-0.1, -0.05) is 42.5 Å². The highest BCUT2D eigenvalue weighted by atomic mass is 16.5. The number of carbonyl (C=O) groups is 1. The van der Waals surface area contributed by atoms with Crippen LogP contribution in [-0.4, -0.2) is 18.2 Å². The Morgan fingerprint density at radius 2 is 1.67 bits per heavy atom. The molecule has 0 fully saturated rings. The molecule has 0 bridgehead atoms. The van der Waals surface area contributed by atoms with Crippen LogP contribution in [0.5, 0.6) is 5.75 Å². The largest absolute Gasteiger partial charge is 0.497 e. The Balaban J connectivity index is 2.31. The molecule has 104 valence electrons. The highest BCUT2D eigenvalue weighted by Gasteiger charge is 2.14. The van der Waals surface area contributed by atoms with Crippen molar-refractivity contribution >= 4 is 16.7 Å². The monoisotopic (exact) mass is 278 g/mol. The Kier molecular flexibility index (Phi) is 3.32. The molecule has 3 aromatic carbocycles. The van der Waals surface area contributed by atoms with Gasteiger partial charge in [-0.3, -0.25) is 0 Å². The second-order valence-electron chi connectivity index (χ2n) is 4.74. The van der Waals surface area contributed by atoms with Crippen molar-refractivity contribution in [1.82, 2.24) is 0 Å². The van der Waals surface area contributed by atoms with Crippen molar-refractivity contribution in [1.29, 1.82) is 0 Å². The first-order chi connectivity index (χ1) is 10.2. The number of benzene rings is 3. The molecule has 0 heterocycles. The van der Waals surface area contributed by atoms with E-state index in [1.165, 1.54) is 0 Å². The minimum absolute atomic E-state index is 0.305. The van der Waals surface area contributed by atoms with Crippen LogP contribution < -0.4 is 4.74 Å². The van der Waals surface area contributed by atoms with E-state index in [1.807, 2.05) is 54.6 Å². The van der Waals surface area contributed by atoms with Crippen LogP contribution in [-0.2, 0) is 0 Å². The van der Waals surface area contributed by atoms with E-state index in [-0.39, 0.29) is 0 Å². The Hall–Kier alpha value is -2.81. The maximum absolute atomic E-state index is 11.5. The molecule has 3 aromatic rings. The molecule has 0 atom stereocenters. The smallest absolute Gasteiger partial charge is 0.336 e. The summed E-state index contributed by atoms with van der Waals surface area (Å²) in [6, 6.07) is 18.7. The number of aromatic carboxylic acids is 1. The van der Waals surface area contributed by atoms with Gasteiger partial charge in [0.05, 0.1) is 12.7 Å². The molecule has 0 aromatic heterocycles. The summed E-state index contributed by atoms with van der Waals surface area (Å²) in [6.07, 6.45) is 0. The van der Waals surface area contributed by atoms with Gasteiger partial charge in [0.25, 0.3) is 0 Å². The summed E-state index contributed by atoms with van der Waals surface area (Å²) < 4.78 is 5.15. The summed E-state index contributed by atoms with van der Waals surface area (Å²) in [5, 5.41) is 11.4. The predicted octanol–water partition coefficient (Wildman–Crippen LogP) is 4.21. The van der Waals surface area contributed by atoms with Crippen molar-refractivity contribution in [2.24, 2.45) is 0 Å². The molecule has 3 heteroatoms. The summed E-state index contributed by atoms with van der Waals surface area (Å²) in [7, 11) is 1.61. The number of methoxy groups -OCH3 is 1. The summed E-state index contributed by atoms with van der Waals surface area (Å²) >= 11 is 0. The third kappa shape index (κ3) is 2.34. The lowest BCUT2D eigenvalue weighted by Gasteiger charge is -2.11. The van der Waals surface area contributed by atoms with E-state index in [1.54, 1.807) is 13.2 Å². The number of hydrogen-bond donors (Lipinski definition) is 1. The maximum atomic E-state index is 11.5. The second kappa shape index (κ2) is 5.29. The molecule has 0 aliphatic heterocycles. The fourth-order valence-electron chi connectivity index (χ4n) is 2.52. The third-order valence-electron chi connectivity index (χ3n) is 3.54. The average Bonchev–Trinajstić information content (AvgIpc) is 2.53. The van der Waals surface area contributed by atoms with E-state index in [9.17, 15) is 9.90 Å². The van der Waals surface area contributed by atoms with Crippen molar-refractivity contribution in [2.45, 2.75) is 0 Å². The van der Waals surface area contributed by atoms with Gasteiger partial charge in [-0.15, -0.1) is 0 Å². The van der Waals surface area contributed by atoms with Crippen molar-refractivity contribution in [2.75, 3.05) is 7.11 Å². The molecule has 0 amide bonds. The predicted molar refractivity (Wildman–Crippen MR) is 82.9 cm³/mol. The maximum Gasteiger partial charge on any atom is 0.336 e. The normalized spacial score (nSPS) is 10.5. The molecular formula is C18H14O3. The fourth-order valence-corrected chi connectivity index (χ4v) is 2.52. The van der Waals surface area contributed by atoms with Gasteiger partial charge in [0.1, 0.15) is 5.75 Å². The van der Waals surface area contributed by atoms with E-state index in [0.29, 0.717) is 5.56 Å². The average molecular weight is 278 g/mol. The first-order valence-corrected chi connectivity index (χ1v) is 6.60. The molecule has 0 spiro atoms. The van der Waals surface area contributed by atoms with E-state index < -0.39 is 5.97 Å². The van der Waals surface area contributed by atoms with Crippen molar-refractivity contribution in [3.05, 3.63) is 66.2 Å². The van der Waals surface area contributed by atoms with Gasteiger partial charge >= 0.3 is 5.97 Å². The number of carboxylic acid groups (broad SMARTS) is 1. The van der Waals surface area contributed by atoms with Crippen molar-refractivity contribution in [3.63, 3.8) is 0 Å². The van der Waals surface area contributed by atoms with Gasteiger partial charge in [-0.2, -0.15) is 0 Å². The second-order valence-corrected chi connectivity index (χ2v) is 4.74. The summed E-state index contributed by atoms with van der Waals surface area (Å²) in [6.45, 7) is 0. The van der Waals surface area contributed by atoms with Gasteiger partial charge < -0.3 is 9.84 Å². The van der Waals surface area contributed by atoms with Crippen LogP contribution in [0.4, 0.5) is 0 Å². The Labute approximate surface area is 122 Å². The topological polar surface area (TPSA) is 46.5 Å². The number of carboxylic acids is 1. The van der Waals surface area contributed by atoms with Gasteiger partial charge in [-0.05, 0) is 34.5 Å². The van der Waals surface area contributed by atoms with E-state index >= 15 is 0 Å². The Morgan fingerprint density at radius 3 is 2.33 bits per heavy atom. The van der Waals surface area contributed by atoms with E-state index in [4.69, 9.17) is 4.74 Å². The molecule has 0 saturated heterocycles. The van der Waals surface area contributed by atoms with Gasteiger partial charge in [0.15, 0.2) is 0 Å². The van der Waals surface area contributed by atoms with Crippen LogP contribution in [0.25, 0.3) is 21.9 Å². The number of hydrogen-bond acceptors (Lipinski definition) is 2. The van der Waals surface area contributed by atoms with Crippen molar-refractivity contribution in [3.8, 4) is 16.9 Å². The number of fused-ring (bicyclic) bond motifs is 1. The molecule has 3 nitrogen and oxygen atoms in total. The quantitative estimate of drug-likeness (QED) is 0.780. The molecular weight excluding hydrogens is 264 g/mol. The molecule has 0 unspecified atom stereocenters. The van der Waals surface area contributed by atoms with Crippen LogP contribution >= 0.6 is 0 Å². The van der Waals surface area contributed by atoms with Crippen LogP contribution in [0.2, 0.25) is 0 Å². The minimum Gasteiger partial charge on any atom is -0.497 e. The van der Waals surface area contributed by atoms with E-state index in [0.717, 1.165) is 27.6 Å². The van der Waals surface area contributed by atoms with Crippen LogP contribution in [0.15, 0.2) is 60.7 Å². The van der Waals surface area contributed by atoms with Gasteiger partial charge in [0, 0.05) is 5.56 Å². The molecule has 3 rings (SSSR count). The third-order valence-corrected chi connectivity index (χ3v) is 3.54. The molecule has 0 radical (unpaired) electrons. The highest BCUT2D eigenvalue weighted by molar-refractivity contribution is 6.07. The standard InChI is InChI=1S/C18H14O3/c1-21-14-9-6-13(7-10-14)17-15-5-3-2-4-12(15)8-11-16(17)18(19)20/h2-11H,1H3,(H,19,20). The minimum atomic E-state index is -0.924. The fraction of sp³-hybridized carbons (Fsp3) is 0.0556. The van der Waals surface area contributed by atoms with E-state index in [2.05, 4.69) is 0 Å². The lowest BCUT2D eigenvalue weighted by Crippen LogP contribution is -2.00. The van der Waals surface area contributed by atoms with Crippen LogP contribution in [0.3, 0.4) is 0 Å². The summed E-state index contributed by atoms with van der Waals surface area (Å²) in [5.41, 5.74) is 1.91. The van der Waals surface area contributed by atoms with Crippen LogP contribution in [0.1, 0.15) is 10.4 Å². The Morgan fingerprint density at radius 1 is 0.952 bits per heavy atom. The molecule has 0 saturated carbocycles. The van der Waals surface area contributed by atoms with Gasteiger partial charge in [0.2, 0.25) is 0 Å². The zero-order valence-corrected chi connectivity index (χ0v) is 11.5. The van der Waals surface area contributed by atoms with Crippen LogP contribution in [0, 0.1) is 0 Å².